The second kappa shape index (κ2) is 7.31. The van der Waals surface area contributed by atoms with Gasteiger partial charge in [-0.1, -0.05) is 41.2 Å². The van der Waals surface area contributed by atoms with Gasteiger partial charge in [-0.25, -0.2) is 4.98 Å². The second-order valence-electron chi connectivity index (χ2n) is 3.87. The summed E-state index contributed by atoms with van der Waals surface area (Å²) in [6, 6.07) is 5.53. The molecule has 1 aromatic heterocycles. The lowest BCUT2D eigenvalue weighted by molar-refractivity contribution is -0.113. The number of carbonyl (C=O) groups excluding carboxylic acids is 1. The Bertz CT molecular complexity index is 618. The third-order valence-electron chi connectivity index (χ3n) is 2.30. The van der Waals surface area contributed by atoms with Gasteiger partial charge < -0.3 is 5.32 Å². The molecule has 0 aliphatic carbocycles. The standard InChI is InChI=1S/C12H12ClN3OS3/c1-7-3-4-9(8(13)5-7)14-10(17)6-19-12-15-11(18-2)16-20-12/h3-5H,6H2,1-2H3,(H,14,17). The van der Waals surface area contributed by atoms with Crippen LogP contribution in [-0.4, -0.2) is 27.3 Å². The number of thioether (sulfide) groups is 2. The number of amides is 1. The highest BCUT2D eigenvalue weighted by Crippen LogP contribution is 2.25. The van der Waals surface area contributed by atoms with Gasteiger partial charge in [0.05, 0.1) is 16.5 Å². The van der Waals surface area contributed by atoms with E-state index in [1.807, 2.05) is 25.3 Å². The fourth-order valence-corrected chi connectivity index (χ4v) is 3.67. The number of hydrogen-bond donors (Lipinski definition) is 1. The van der Waals surface area contributed by atoms with Gasteiger partial charge in [-0.15, -0.1) is 0 Å². The summed E-state index contributed by atoms with van der Waals surface area (Å²) in [4.78, 5) is 16.1. The Morgan fingerprint density at radius 3 is 2.95 bits per heavy atom. The van der Waals surface area contributed by atoms with Crippen molar-refractivity contribution in [2.45, 2.75) is 16.4 Å². The van der Waals surface area contributed by atoms with Gasteiger partial charge in [-0.2, -0.15) is 4.37 Å². The maximum Gasteiger partial charge on any atom is 0.234 e. The van der Waals surface area contributed by atoms with E-state index in [4.69, 9.17) is 11.6 Å². The zero-order valence-electron chi connectivity index (χ0n) is 10.8. The minimum Gasteiger partial charge on any atom is -0.324 e. The van der Waals surface area contributed by atoms with Crippen LogP contribution in [0.3, 0.4) is 0 Å². The van der Waals surface area contributed by atoms with Gasteiger partial charge in [-0.3, -0.25) is 4.79 Å². The minimum atomic E-state index is -0.110. The van der Waals surface area contributed by atoms with E-state index in [2.05, 4.69) is 14.7 Å². The molecule has 0 fully saturated rings. The number of nitrogens with zero attached hydrogens (tertiary/aromatic N) is 2. The molecule has 0 unspecified atom stereocenters. The first-order valence-corrected chi connectivity index (χ1v) is 9.01. The first-order chi connectivity index (χ1) is 9.58. The molecule has 2 aromatic rings. The van der Waals surface area contributed by atoms with Gasteiger partial charge in [-0.05, 0) is 42.4 Å². The molecule has 0 aliphatic rings. The van der Waals surface area contributed by atoms with Crippen LogP contribution in [0, 0.1) is 6.92 Å². The molecule has 1 heterocycles. The maximum absolute atomic E-state index is 11.9. The van der Waals surface area contributed by atoms with Crippen LogP contribution in [0.25, 0.3) is 0 Å². The van der Waals surface area contributed by atoms with Crippen molar-refractivity contribution < 1.29 is 4.79 Å². The van der Waals surface area contributed by atoms with E-state index in [0.717, 1.165) is 15.1 Å². The Balaban J connectivity index is 1.89. The van der Waals surface area contributed by atoms with Crippen molar-refractivity contribution in [3.8, 4) is 0 Å². The van der Waals surface area contributed by atoms with E-state index in [-0.39, 0.29) is 11.7 Å². The van der Waals surface area contributed by atoms with Crippen molar-refractivity contribution in [3.05, 3.63) is 28.8 Å². The molecule has 8 heteroatoms. The summed E-state index contributed by atoms with van der Waals surface area (Å²) in [5.74, 6) is 0.175. The van der Waals surface area contributed by atoms with Gasteiger partial charge in [0.1, 0.15) is 0 Å². The molecule has 0 aliphatic heterocycles. The molecule has 0 saturated carbocycles. The normalized spacial score (nSPS) is 10.6. The van der Waals surface area contributed by atoms with E-state index in [1.54, 1.807) is 6.07 Å². The second-order valence-corrected chi connectivity index (χ2v) is 7.02. The van der Waals surface area contributed by atoms with Crippen molar-refractivity contribution >= 4 is 58.3 Å². The van der Waals surface area contributed by atoms with Crippen LogP contribution in [0.15, 0.2) is 27.7 Å². The molecule has 0 atom stereocenters. The molecule has 0 radical (unpaired) electrons. The molecule has 20 heavy (non-hydrogen) atoms. The number of aromatic nitrogens is 2. The molecule has 1 aromatic carbocycles. The number of halogens is 1. The average Bonchev–Trinajstić information content (AvgIpc) is 2.88. The smallest absolute Gasteiger partial charge is 0.234 e. The van der Waals surface area contributed by atoms with E-state index in [1.165, 1.54) is 35.1 Å². The van der Waals surface area contributed by atoms with Crippen molar-refractivity contribution in [1.29, 1.82) is 0 Å². The summed E-state index contributed by atoms with van der Waals surface area (Å²) >= 11 is 10.2. The lowest BCUT2D eigenvalue weighted by Gasteiger charge is -2.07. The Morgan fingerprint density at radius 1 is 1.50 bits per heavy atom. The van der Waals surface area contributed by atoms with Crippen LogP contribution in [0.4, 0.5) is 5.69 Å². The van der Waals surface area contributed by atoms with Crippen LogP contribution in [0.5, 0.6) is 0 Å². The van der Waals surface area contributed by atoms with E-state index in [0.29, 0.717) is 10.7 Å². The van der Waals surface area contributed by atoms with Crippen LogP contribution < -0.4 is 5.32 Å². The largest absolute Gasteiger partial charge is 0.324 e. The summed E-state index contributed by atoms with van der Waals surface area (Å²) in [6.45, 7) is 1.95. The summed E-state index contributed by atoms with van der Waals surface area (Å²) in [6.07, 6.45) is 1.92. The highest BCUT2D eigenvalue weighted by atomic mass is 35.5. The zero-order chi connectivity index (χ0) is 14.5. The molecule has 106 valence electrons. The molecule has 4 nitrogen and oxygen atoms in total. The predicted molar refractivity (Wildman–Crippen MR) is 87.2 cm³/mol. The number of nitrogens with one attached hydrogen (secondary N) is 1. The molecule has 2 rings (SSSR count). The van der Waals surface area contributed by atoms with E-state index in [9.17, 15) is 4.79 Å². The SMILES string of the molecule is CSc1nsc(SCC(=O)Nc2ccc(C)cc2Cl)n1. The van der Waals surface area contributed by atoms with Crippen LogP contribution in [0.2, 0.25) is 5.02 Å². The number of anilines is 1. The Hall–Kier alpha value is -0.760. The molecule has 1 amide bonds. The summed E-state index contributed by atoms with van der Waals surface area (Å²) in [7, 11) is 0. The summed E-state index contributed by atoms with van der Waals surface area (Å²) < 4.78 is 4.93. The first-order valence-electron chi connectivity index (χ1n) is 5.65. The number of rotatable bonds is 5. The highest BCUT2D eigenvalue weighted by Gasteiger charge is 2.09. The first kappa shape index (κ1) is 15.6. The molecular weight excluding hydrogens is 334 g/mol. The van der Waals surface area contributed by atoms with Crippen LogP contribution in [0.1, 0.15) is 5.56 Å². The molecule has 0 saturated heterocycles. The lowest BCUT2D eigenvalue weighted by Crippen LogP contribution is -2.14. The zero-order valence-corrected chi connectivity index (χ0v) is 14.0. The Morgan fingerprint density at radius 2 is 2.30 bits per heavy atom. The van der Waals surface area contributed by atoms with Crippen LogP contribution >= 0.6 is 46.7 Å². The van der Waals surface area contributed by atoms with Gasteiger partial charge in [0.2, 0.25) is 11.1 Å². The Labute approximate surface area is 134 Å². The molecule has 1 N–H and O–H groups in total. The fourth-order valence-electron chi connectivity index (χ4n) is 1.37. The number of carbonyl (C=O) groups is 1. The monoisotopic (exact) mass is 345 g/mol. The van der Waals surface area contributed by atoms with E-state index < -0.39 is 0 Å². The highest BCUT2D eigenvalue weighted by molar-refractivity contribution is 8.01. The van der Waals surface area contributed by atoms with Crippen LogP contribution in [-0.2, 0) is 4.79 Å². The topological polar surface area (TPSA) is 54.9 Å². The fraction of sp³-hybridized carbons (Fsp3) is 0.250. The predicted octanol–water partition coefficient (Wildman–Crippen LogP) is 3.95. The number of benzene rings is 1. The molecule has 0 spiro atoms. The van der Waals surface area contributed by atoms with Gasteiger partial charge >= 0.3 is 0 Å². The summed E-state index contributed by atoms with van der Waals surface area (Å²) in [5, 5.41) is 4.07. The van der Waals surface area contributed by atoms with E-state index >= 15 is 0 Å². The summed E-state index contributed by atoms with van der Waals surface area (Å²) in [5.41, 5.74) is 1.69. The molecule has 0 bridgehead atoms. The maximum atomic E-state index is 11.9. The van der Waals surface area contributed by atoms with Crippen molar-refractivity contribution in [1.82, 2.24) is 9.36 Å². The van der Waals surface area contributed by atoms with Gasteiger partial charge in [0.15, 0.2) is 4.34 Å². The van der Waals surface area contributed by atoms with Crippen molar-refractivity contribution in [2.75, 3.05) is 17.3 Å². The third kappa shape index (κ3) is 4.37. The van der Waals surface area contributed by atoms with Gasteiger partial charge in [0.25, 0.3) is 0 Å². The third-order valence-corrected chi connectivity index (χ3v) is 5.11. The van der Waals surface area contributed by atoms with Crippen molar-refractivity contribution in [3.63, 3.8) is 0 Å². The molecular formula is C12H12ClN3OS3. The lowest BCUT2D eigenvalue weighted by atomic mass is 10.2. The average molecular weight is 346 g/mol. The quantitative estimate of drug-likeness (QED) is 0.831. The Kier molecular flexibility index (Phi) is 5.71. The number of aryl methyl sites for hydroxylation is 1. The van der Waals surface area contributed by atoms with Gasteiger partial charge in [0, 0.05) is 0 Å². The number of hydrogen-bond acceptors (Lipinski definition) is 6. The van der Waals surface area contributed by atoms with Crippen molar-refractivity contribution in [2.24, 2.45) is 0 Å². The minimum absolute atomic E-state index is 0.110.